The second-order valence-electron chi connectivity index (χ2n) is 4.99. The van der Waals surface area contributed by atoms with Crippen LogP contribution < -0.4 is 5.19 Å². The van der Waals surface area contributed by atoms with Gasteiger partial charge in [-0.3, -0.25) is 0 Å². The van der Waals surface area contributed by atoms with Gasteiger partial charge in [-0.2, -0.15) is 0 Å². The molecule has 2 radical (unpaired) electrons. The molecule has 0 nitrogen and oxygen atoms in total. The fourth-order valence-electron chi connectivity index (χ4n) is 2.61. The summed E-state index contributed by atoms with van der Waals surface area (Å²) in [6, 6.07) is 15.6. The first-order valence-corrected chi connectivity index (χ1v) is 7.42. The fourth-order valence-corrected chi connectivity index (χ4v) is 4.20. The molecule has 0 aromatic heterocycles. The van der Waals surface area contributed by atoms with Gasteiger partial charge in [-0.1, -0.05) is 70.9 Å². The van der Waals surface area contributed by atoms with Crippen LogP contribution in [-0.4, -0.2) is 9.52 Å². The summed E-state index contributed by atoms with van der Waals surface area (Å²) in [5.74, 6) is 0. The molecule has 1 aliphatic carbocycles. The highest BCUT2D eigenvalue weighted by Gasteiger charge is 2.17. The van der Waals surface area contributed by atoms with Gasteiger partial charge in [0.1, 0.15) is 0 Å². The maximum absolute atomic E-state index is 2.35. The van der Waals surface area contributed by atoms with Crippen molar-refractivity contribution < 1.29 is 0 Å². The summed E-state index contributed by atoms with van der Waals surface area (Å²) < 4.78 is 0. The number of benzene rings is 2. The van der Waals surface area contributed by atoms with E-state index in [0.717, 1.165) is 9.52 Å². The van der Waals surface area contributed by atoms with Crippen LogP contribution in [0.4, 0.5) is 0 Å². The zero-order valence-electron chi connectivity index (χ0n) is 10.8. The Labute approximate surface area is 111 Å². The minimum absolute atomic E-state index is 0.572. The van der Waals surface area contributed by atoms with Crippen LogP contribution in [-0.2, 0) is 0 Å². The third-order valence-corrected chi connectivity index (χ3v) is 4.78. The van der Waals surface area contributed by atoms with Crippen molar-refractivity contribution in [2.75, 3.05) is 0 Å². The minimum atomic E-state index is 0.572. The van der Waals surface area contributed by atoms with Crippen molar-refractivity contribution in [2.45, 2.75) is 19.4 Å². The summed E-state index contributed by atoms with van der Waals surface area (Å²) in [5, 5.41) is 1.47. The molecule has 88 valence electrons. The van der Waals surface area contributed by atoms with Crippen LogP contribution in [0.25, 0.3) is 6.08 Å². The van der Waals surface area contributed by atoms with E-state index < -0.39 is 0 Å². The summed E-state index contributed by atoms with van der Waals surface area (Å²) in [7, 11) is 0.831. The van der Waals surface area contributed by atoms with Gasteiger partial charge in [-0.25, -0.2) is 0 Å². The molecule has 0 fully saturated rings. The first kappa shape index (κ1) is 11.5. The maximum Gasteiger partial charge on any atom is 0.0941 e. The summed E-state index contributed by atoms with van der Waals surface area (Å²) in [4.78, 5) is 0. The number of fused-ring (bicyclic) bond motifs is 1. The molecular formula is C17H16Si. The zero-order valence-corrected chi connectivity index (χ0v) is 11.8. The molecular weight excluding hydrogens is 232 g/mol. The molecule has 1 atom stereocenters. The topological polar surface area (TPSA) is 0 Å². The summed E-state index contributed by atoms with van der Waals surface area (Å²) >= 11 is 0. The Hall–Kier alpha value is -1.60. The van der Waals surface area contributed by atoms with Gasteiger partial charge in [-0.05, 0) is 30.5 Å². The van der Waals surface area contributed by atoms with Crippen LogP contribution in [0.15, 0.2) is 48.5 Å². The number of hydrogen-bond donors (Lipinski definition) is 0. The molecule has 1 aliphatic rings. The monoisotopic (exact) mass is 248 g/mol. The van der Waals surface area contributed by atoms with Crippen molar-refractivity contribution >= 4 is 20.8 Å². The first-order chi connectivity index (χ1) is 8.72. The Morgan fingerprint density at radius 1 is 0.944 bits per heavy atom. The predicted octanol–water partition coefficient (Wildman–Crippen LogP) is 3.40. The molecule has 0 heterocycles. The van der Waals surface area contributed by atoms with Crippen molar-refractivity contribution in [1.29, 1.82) is 0 Å². The van der Waals surface area contributed by atoms with E-state index in [-0.39, 0.29) is 0 Å². The molecule has 2 aromatic rings. The third kappa shape index (κ3) is 2.18. The largest absolute Gasteiger partial charge is 0.0941 e. The van der Waals surface area contributed by atoms with Crippen LogP contribution in [0.1, 0.15) is 27.8 Å². The lowest BCUT2D eigenvalue weighted by Gasteiger charge is -2.11. The van der Waals surface area contributed by atoms with E-state index in [1.54, 1.807) is 0 Å². The Bertz CT molecular complexity index is 591. The summed E-state index contributed by atoms with van der Waals surface area (Å²) in [6.45, 7) is 4.36. The van der Waals surface area contributed by atoms with E-state index in [0.29, 0.717) is 5.54 Å². The van der Waals surface area contributed by atoms with Crippen molar-refractivity contribution in [3.63, 3.8) is 0 Å². The standard InChI is InChI=1S/C17H16Si/c1-12-9-13(2)11-15(10-12)18-17-8-7-14-5-3-4-6-16(14)17/h3-11,17H,1-2H3. The van der Waals surface area contributed by atoms with Crippen LogP contribution >= 0.6 is 0 Å². The van der Waals surface area contributed by atoms with Crippen LogP contribution in [0.5, 0.6) is 0 Å². The highest BCUT2D eigenvalue weighted by Crippen LogP contribution is 2.28. The van der Waals surface area contributed by atoms with Crippen LogP contribution in [0, 0.1) is 13.8 Å². The molecule has 1 unspecified atom stereocenters. The Morgan fingerprint density at radius 3 is 2.44 bits per heavy atom. The van der Waals surface area contributed by atoms with Gasteiger partial charge in [-0.15, -0.1) is 0 Å². The second kappa shape index (κ2) is 4.58. The summed E-state index contributed by atoms with van der Waals surface area (Å²) in [6.07, 6.45) is 4.61. The van der Waals surface area contributed by atoms with Gasteiger partial charge in [0.05, 0.1) is 9.52 Å². The van der Waals surface area contributed by atoms with Crippen molar-refractivity contribution in [1.82, 2.24) is 0 Å². The van der Waals surface area contributed by atoms with Crippen molar-refractivity contribution in [3.8, 4) is 0 Å². The molecule has 0 bridgehead atoms. The smallest absolute Gasteiger partial charge is 0.0792 e. The average Bonchev–Trinajstić information content (AvgIpc) is 2.72. The highest BCUT2D eigenvalue weighted by atomic mass is 28.2. The minimum Gasteiger partial charge on any atom is -0.0792 e. The molecule has 18 heavy (non-hydrogen) atoms. The van der Waals surface area contributed by atoms with Gasteiger partial charge in [0, 0.05) is 0 Å². The van der Waals surface area contributed by atoms with Gasteiger partial charge in [0.25, 0.3) is 0 Å². The fraction of sp³-hybridized carbons (Fsp3) is 0.176. The lowest BCUT2D eigenvalue weighted by Crippen LogP contribution is -2.20. The van der Waals surface area contributed by atoms with Crippen molar-refractivity contribution in [3.05, 3.63) is 70.8 Å². The molecule has 0 aliphatic heterocycles. The van der Waals surface area contributed by atoms with E-state index in [9.17, 15) is 0 Å². The third-order valence-electron chi connectivity index (χ3n) is 3.34. The number of rotatable bonds is 2. The van der Waals surface area contributed by atoms with Crippen molar-refractivity contribution in [2.24, 2.45) is 0 Å². The molecule has 0 spiro atoms. The van der Waals surface area contributed by atoms with Crippen LogP contribution in [0.2, 0.25) is 0 Å². The molecule has 1 heteroatoms. The molecule has 0 N–H and O–H groups in total. The van der Waals surface area contributed by atoms with E-state index >= 15 is 0 Å². The lowest BCUT2D eigenvalue weighted by molar-refractivity contribution is 1.23. The Morgan fingerprint density at radius 2 is 1.67 bits per heavy atom. The summed E-state index contributed by atoms with van der Waals surface area (Å²) in [5.41, 5.74) is 6.18. The quantitative estimate of drug-likeness (QED) is 0.715. The van der Waals surface area contributed by atoms with E-state index in [1.807, 2.05) is 0 Å². The second-order valence-corrected chi connectivity index (χ2v) is 6.47. The Balaban J connectivity index is 1.88. The van der Waals surface area contributed by atoms with Gasteiger partial charge >= 0.3 is 0 Å². The van der Waals surface area contributed by atoms with Gasteiger partial charge in [0.2, 0.25) is 0 Å². The number of aryl methyl sites for hydroxylation is 2. The SMILES string of the molecule is Cc1cc(C)cc([Si]C2C=Cc3ccccc32)c1. The molecule has 0 saturated heterocycles. The number of allylic oxidation sites excluding steroid dienone is 1. The average molecular weight is 248 g/mol. The maximum atomic E-state index is 2.35. The zero-order chi connectivity index (χ0) is 12.5. The lowest BCUT2D eigenvalue weighted by atomic mass is 10.1. The normalized spacial score (nSPS) is 16.9. The van der Waals surface area contributed by atoms with E-state index in [2.05, 4.69) is 68.5 Å². The first-order valence-electron chi connectivity index (χ1n) is 6.34. The molecule has 2 aromatic carbocycles. The highest BCUT2D eigenvalue weighted by molar-refractivity contribution is 6.56. The van der Waals surface area contributed by atoms with Gasteiger partial charge < -0.3 is 0 Å². The predicted molar refractivity (Wildman–Crippen MR) is 79.5 cm³/mol. The van der Waals surface area contributed by atoms with E-state index in [4.69, 9.17) is 0 Å². The Kier molecular flexibility index (Phi) is 2.92. The molecule has 0 saturated carbocycles. The molecule has 0 amide bonds. The number of hydrogen-bond acceptors (Lipinski definition) is 0. The van der Waals surface area contributed by atoms with Crippen LogP contribution in [0.3, 0.4) is 0 Å². The van der Waals surface area contributed by atoms with Gasteiger partial charge in [0.15, 0.2) is 0 Å². The molecule has 3 rings (SSSR count). The van der Waals surface area contributed by atoms with E-state index in [1.165, 1.54) is 27.4 Å².